The summed E-state index contributed by atoms with van der Waals surface area (Å²) in [5.41, 5.74) is -1.16. The van der Waals surface area contributed by atoms with E-state index in [9.17, 15) is 17.6 Å². The Labute approximate surface area is 113 Å². The second-order valence-electron chi connectivity index (χ2n) is 3.88. The molecule has 0 N–H and O–H groups in total. The molecule has 0 amide bonds. The van der Waals surface area contributed by atoms with Crippen LogP contribution in [0.25, 0.3) is 11.1 Å². The highest BCUT2D eigenvalue weighted by atomic mass is 19.2. The van der Waals surface area contributed by atoms with Crippen LogP contribution in [0.4, 0.5) is 17.6 Å². The second kappa shape index (κ2) is 5.77. The molecule has 0 unspecified atom stereocenters. The molecule has 0 aliphatic heterocycles. The molecular formula is C15H9F4O. The monoisotopic (exact) mass is 281 g/mol. The van der Waals surface area contributed by atoms with Gasteiger partial charge in [0.05, 0.1) is 5.56 Å². The third-order valence-corrected chi connectivity index (χ3v) is 2.54. The maximum atomic E-state index is 13.9. The number of benzene rings is 2. The molecule has 0 fully saturated rings. The first-order chi connectivity index (χ1) is 9.54. The molecule has 2 aromatic carbocycles. The lowest BCUT2D eigenvalue weighted by Gasteiger charge is -2.10. The van der Waals surface area contributed by atoms with Crippen LogP contribution in [0.15, 0.2) is 36.9 Å². The molecule has 103 valence electrons. The molecule has 0 bridgehead atoms. The zero-order chi connectivity index (χ0) is 14.7. The predicted molar refractivity (Wildman–Crippen MR) is 66.2 cm³/mol. The van der Waals surface area contributed by atoms with Crippen molar-refractivity contribution in [1.82, 2.24) is 0 Å². The molecule has 0 atom stereocenters. The van der Waals surface area contributed by atoms with Gasteiger partial charge in [0.1, 0.15) is 24.0 Å². The fourth-order valence-electron chi connectivity index (χ4n) is 1.69. The molecule has 0 heterocycles. The van der Waals surface area contributed by atoms with Gasteiger partial charge in [-0.25, -0.2) is 17.6 Å². The fraction of sp³-hybridized carbons (Fsp3) is 0.0667. The molecule has 1 nitrogen and oxygen atoms in total. The van der Waals surface area contributed by atoms with Gasteiger partial charge in [0.2, 0.25) is 0 Å². The Morgan fingerprint density at radius 3 is 2.40 bits per heavy atom. The average molecular weight is 281 g/mol. The van der Waals surface area contributed by atoms with Crippen molar-refractivity contribution in [2.45, 2.75) is 0 Å². The van der Waals surface area contributed by atoms with Crippen molar-refractivity contribution in [3.05, 3.63) is 66.3 Å². The first-order valence-corrected chi connectivity index (χ1v) is 5.63. The van der Waals surface area contributed by atoms with E-state index in [0.29, 0.717) is 0 Å². The van der Waals surface area contributed by atoms with Crippen LogP contribution in [-0.2, 0) is 0 Å². The van der Waals surface area contributed by atoms with Gasteiger partial charge in [0.25, 0.3) is 0 Å². The minimum Gasteiger partial charge on any atom is -0.489 e. The summed E-state index contributed by atoms with van der Waals surface area (Å²) in [6.45, 7) is 3.47. The first-order valence-electron chi connectivity index (χ1n) is 5.63. The molecule has 0 aromatic heterocycles. The maximum absolute atomic E-state index is 13.9. The highest BCUT2D eigenvalue weighted by molar-refractivity contribution is 5.66. The van der Waals surface area contributed by atoms with Crippen molar-refractivity contribution < 1.29 is 22.3 Å². The van der Waals surface area contributed by atoms with Crippen molar-refractivity contribution in [3.63, 3.8) is 0 Å². The zero-order valence-electron chi connectivity index (χ0n) is 10.2. The fourth-order valence-corrected chi connectivity index (χ4v) is 1.69. The summed E-state index contributed by atoms with van der Waals surface area (Å²) >= 11 is 0. The first kappa shape index (κ1) is 14.1. The molecule has 0 saturated heterocycles. The van der Waals surface area contributed by atoms with E-state index in [0.717, 1.165) is 24.3 Å². The summed E-state index contributed by atoms with van der Waals surface area (Å²) in [7, 11) is 0. The van der Waals surface area contributed by atoms with Gasteiger partial charge in [-0.1, -0.05) is 24.8 Å². The van der Waals surface area contributed by atoms with Gasteiger partial charge >= 0.3 is 0 Å². The van der Waals surface area contributed by atoms with E-state index in [4.69, 9.17) is 4.74 Å². The minimum absolute atomic E-state index is 0.0629. The largest absolute Gasteiger partial charge is 0.489 e. The van der Waals surface area contributed by atoms with Gasteiger partial charge < -0.3 is 4.74 Å². The van der Waals surface area contributed by atoms with Gasteiger partial charge in [-0.15, -0.1) is 0 Å². The van der Waals surface area contributed by atoms with E-state index in [1.807, 2.05) is 6.07 Å². The molecule has 0 aliphatic carbocycles. The van der Waals surface area contributed by atoms with Crippen LogP contribution in [0, 0.1) is 29.3 Å². The second-order valence-corrected chi connectivity index (χ2v) is 3.88. The zero-order valence-corrected chi connectivity index (χ0v) is 10.2. The Morgan fingerprint density at radius 1 is 1.15 bits per heavy atom. The third-order valence-electron chi connectivity index (χ3n) is 2.54. The van der Waals surface area contributed by atoms with E-state index in [1.165, 1.54) is 6.08 Å². The van der Waals surface area contributed by atoms with Gasteiger partial charge in [-0.05, 0) is 0 Å². The van der Waals surface area contributed by atoms with Gasteiger partial charge in [-0.3, -0.25) is 0 Å². The predicted octanol–water partition coefficient (Wildman–Crippen LogP) is 4.27. The van der Waals surface area contributed by atoms with Crippen LogP contribution in [0.3, 0.4) is 0 Å². The molecule has 20 heavy (non-hydrogen) atoms. The Morgan fingerprint density at radius 2 is 1.80 bits per heavy atom. The molecule has 5 heteroatoms. The summed E-state index contributed by atoms with van der Waals surface area (Å²) < 4.78 is 59.4. The van der Waals surface area contributed by atoms with E-state index in [1.54, 1.807) is 0 Å². The Kier molecular flexibility index (Phi) is 4.08. The summed E-state index contributed by atoms with van der Waals surface area (Å²) in [4.78, 5) is 0. The van der Waals surface area contributed by atoms with Gasteiger partial charge in [0.15, 0.2) is 11.6 Å². The topological polar surface area (TPSA) is 9.23 Å². The molecule has 2 rings (SSSR count). The standard InChI is InChI=1S/C15H9F4O/c1-2-6-20-9-7-12(17)14(13(18)8-9)10-4-3-5-11(16)15(10)19/h2-4,7-8H,1,6H2. The maximum Gasteiger partial charge on any atom is 0.167 e. The summed E-state index contributed by atoms with van der Waals surface area (Å²) in [6.07, 6.45) is 1.41. The minimum atomic E-state index is -1.36. The Balaban J connectivity index is 2.52. The molecule has 0 spiro atoms. The lowest BCUT2D eigenvalue weighted by molar-refractivity contribution is 0.358. The highest BCUT2D eigenvalue weighted by Gasteiger charge is 2.19. The number of rotatable bonds is 4. The molecule has 0 aliphatic rings. The quantitative estimate of drug-likeness (QED) is 0.600. The van der Waals surface area contributed by atoms with Crippen molar-refractivity contribution in [2.24, 2.45) is 0 Å². The molecule has 2 aromatic rings. The molecule has 0 saturated carbocycles. The number of ether oxygens (including phenoxy) is 1. The van der Waals surface area contributed by atoms with E-state index in [-0.39, 0.29) is 12.4 Å². The molecular weight excluding hydrogens is 272 g/mol. The van der Waals surface area contributed by atoms with Crippen molar-refractivity contribution >= 4 is 0 Å². The lowest BCUT2D eigenvalue weighted by atomic mass is 10.0. The van der Waals surface area contributed by atoms with Crippen molar-refractivity contribution in [1.29, 1.82) is 0 Å². The molecule has 1 radical (unpaired) electrons. The van der Waals surface area contributed by atoms with E-state index >= 15 is 0 Å². The van der Waals surface area contributed by atoms with Crippen LogP contribution in [0.1, 0.15) is 0 Å². The SMILES string of the molecule is C=CCOc1cc(F)c(-c2cc[c]c(F)c2F)c(F)c1. The smallest absolute Gasteiger partial charge is 0.167 e. The summed E-state index contributed by atoms with van der Waals surface area (Å²) in [5, 5.41) is 0. The van der Waals surface area contributed by atoms with Crippen LogP contribution in [0.5, 0.6) is 5.75 Å². The third kappa shape index (κ3) is 2.66. The van der Waals surface area contributed by atoms with Crippen LogP contribution in [0.2, 0.25) is 0 Å². The Hall–Kier alpha value is -2.30. The highest BCUT2D eigenvalue weighted by Crippen LogP contribution is 2.32. The average Bonchev–Trinajstić information content (AvgIpc) is 2.40. The van der Waals surface area contributed by atoms with Crippen LogP contribution in [-0.4, -0.2) is 6.61 Å². The van der Waals surface area contributed by atoms with E-state index < -0.39 is 34.4 Å². The summed E-state index contributed by atoms with van der Waals surface area (Å²) in [6, 6.07) is 5.86. The van der Waals surface area contributed by atoms with Crippen LogP contribution >= 0.6 is 0 Å². The van der Waals surface area contributed by atoms with Crippen molar-refractivity contribution in [3.8, 4) is 16.9 Å². The lowest BCUT2D eigenvalue weighted by Crippen LogP contribution is -1.99. The van der Waals surface area contributed by atoms with Crippen LogP contribution < -0.4 is 4.74 Å². The van der Waals surface area contributed by atoms with Gasteiger partial charge in [-0.2, -0.15) is 0 Å². The normalized spacial score (nSPS) is 10.4. The Bertz CT molecular complexity index is 629. The van der Waals surface area contributed by atoms with Gasteiger partial charge in [0, 0.05) is 23.8 Å². The number of halogens is 4. The van der Waals surface area contributed by atoms with E-state index in [2.05, 4.69) is 6.58 Å². The number of hydrogen-bond acceptors (Lipinski definition) is 1. The summed E-state index contributed by atoms with van der Waals surface area (Å²) in [5.74, 6) is -4.81. The van der Waals surface area contributed by atoms with Crippen molar-refractivity contribution in [2.75, 3.05) is 6.61 Å². The number of hydrogen-bond donors (Lipinski definition) is 0.